The number of nitrogens with one attached hydrogen (secondary N) is 1. The van der Waals surface area contributed by atoms with Crippen molar-refractivity contribution in [2.75, 3.05) is 5.32 Å². The molecule has 1 aliphatic rings. The quantitative estimate of drug-likeness (QED) is 0.675. The van der Waals surface area contributed by atoms with Crippen LogP contribution in [0.4, 0.5) is 5.69 Å². The van der Waals surface area contributed by atoms with Gasteiger partial charge in [0.25, 0.3) is 0 Å². The first-order valence-corrected chi connectivity index (χ1v) is 5.28. The fraction of sp³-hybridized carbons (Fsp3) is 0.455. The Balaban J connectivity index is 0.000000606. The Morgan fingerprint density at radius 3 is 2.56 bits per heavy atom. The number of anilines is 1. The van der Waals surface area contributed by atoms with Gasteiger partial charge >= 0.3 is 0 Å². The van der Waals surface area contributed by atoms with Gasteiger partial charge in [-0.25, -0.2) is 9.97 Å². The average molecular weight is 221 g/mol. The van der Waals surface area contributed by atoms with Gasteiger partial charge in [0.05, 0.1) is 11.9 Å². The maximum absolute atomic E-state index is 11.6. The highest BCUT2D eigenvalue weighted by Gasteiger charge is 2.31. The molecular formula is C11H15N3O2. The van der Waals surface area contributed by atoms with E-state index in [4.69, 9.17) is 0 Å². The highest BCUT2D eigenvalue weighted by Crippen LogP contribution is 2.22. The molecule has 0 radical (unpaired) electrons. The molecular weight excluding hydrogens is 206 g/mol. The second-order valence-electron chi connectivity index (χ2n) is 3.25. The van der Waals surface area contributed by atoms with E-state index in [1.165, 1.54) is 6.20 Å². The van der Waals surface area contributed by atoms with E-state index in [0.29, 0.717) is 17.2 Å². The molecule has 0 fully saturated rings. The van der Waals surface area contributed by atoms with Gasteiger partial charge in [0, 0.05) is 0 Å². The molecule has 1 atom stereocenters. The highest BCUT2D eigenvalue weighted by atomic mass is 16.2. The van der Waals surface area contributed by atoms with E-state index in [1.54, 1.807) is 13.8 Å². The van der Waals surface area contributed by atoms with Crippen molar-refractivity contribution in [2.45, 2.75) is 27.7 Å². The lowest BCUT2D eigenvalue weighted by Crippen LogP contribution is -2.34. The molecule has 0 saturated heterocycles. The lowest BCUT2D eigenvalue weighted by molar-refractivity contribution is -0.118. The Kier molecular flexibility index (Phi) is 3.71. The largest absolute Gasteiger partial charge is 0.322 e. The predicted octanol–water partition coefficient (Wildman–Crippen LogP) is 1.58. The number of carbonyl (C=O) groups is 2. The van der Waals surface area contributed by atoms with Crippen LogP contribution in [0.2, 0.25) is 0 Å². The van der Waals surface area contributed by atoms with Gasteiger partial charge < -0.3 is 5.32 Å². The van der Waals surface area contributed by atoms with Crippen LogP contribution in [-0.4, -0.2) is 21.7 Å². The van der Waals surface area contributed by atoms with E-state index in [2.05, 4.69) is 15.3 Å². The Bertz CT molecular complexity index is 429. The molecule has 86 valence electrons. The summed E-state index contributed by atoms with van der Waals surface area (Å²) in [5, 5.41) is 2.58. The molecule has 16 heavy (non-hydrogen) atoms. The van der Waals surface area contributed by atoms with E-state index in [1.807, 2.05) is 13.8 Å². The Hall–Kier alpha value is -1.78. The van der Waals surface area contributed by atoms with Crippen molar-refractivity contribution in [3.8, 4) is 0 Å². The minimum Gasteiger partial charge on any atom is -0.322 e. The number of aryl methyl sites for hydroxylation is 1. The van der Waals surface area contributed by atoms with Crippen LogP contribution in [0.5, 0.6) is 0 Å². The number of aromatic nitrogens is 2. The summed E-state index contributed by atoms with van der Waals surface area (Å²) in [6, 6.07) is 0. The fourth-order valence-corrected chi connectivity index (χ4v) is 1.31. The minimum atomic E-state index is -0.656. The van der Waals surface area contributed by atoms with E-state index in [-0.39, 0.29) is 11.7 Å². The Labute approximate surface area is 94.3 Å². The number of amides is 1. The second-order valence-corrected chi connectivity index (χ2v) is 3.25. The molecule has 0 saturated carbocycles. The van der Waals surface area contributed by atoms with E-state index in [9.17, 15) is 9.59 Å². The number of ketones is 1. The molecule has 1 amide bonds. The molecule has 2 heterocycles. The minimum absolute atomic E-state index is 0.241. The topological polar surface area (TPSA) is 72.0 Å². The third-order valence-corrected chi connectivity index (χ3v) is 2.19. The number of hydrogen-bond acceptors (Lipinski definition) is 4. The summed E-state index contributed by atoms with van der Waals surface area (Å²) in [7, 11) is 0. The Morgan fingerprint density at radius 2 is 1.94 bits per heavy atom. The summed E-state index contributed by atoms with van der Waals surface area (Å²) >= 11 is 0. The van der Waals surface area contributed by atoms with E-state index >= 15 is 0 Å². The zero-order chi connectivity index (χ0) is 12.3. The highest BCUT2D eigenvalue weighted by molar-refractivity contribution is 6.19. The van der Waals surface area contributed by atoms with Crippen molar-refractivity contribution in [3.63, 3.8) is 0 Å². The van der Waals surface area contributed by atoms with Crippen LogP contribution >= 0.6 is 0 Å². The molecule has 0 spiro atoms. The van der Waals surface area contributed by atoms with Crippen molar-refractivity contribution < 1.29 is 9.59 Å². The van der Waals surface area contributed by atoms with Crippen molar-refractivity contribution in [3.05, 3.63) is 17.7 Å². The SMILES string of the molecule is CC.Cc1ncc2c(n1)C(=O)C(C)C(=O)N2. The number of fused-ring (bicyclic) bond motifs is 1. The zero-order valence-electron chi connectivity index (χ0n) is 9.87. The normalized spacial score (nSPS) is 18.1. The third kappa shape index (κ3) is 2.08. The predicted molar refractivity (Wildman–Crippen MR) is 60.2 cm³/mol. The fourth-order valence-electron chi connectivity index (χ4n) is 1.31. The Morgan fingerprint density at radius 1 is 1.31 bits per heavy atom. The smallest absolute Gasteiger partial charge is 0.235 e. The summed E-state index contributed by atoms with van der Waals surface area (Å²) < 4.78 is 0. The van der Waals surface area contributed by atoms with Crippen LogP contribution in [0.1, 0.15) is 37.1 Å². The maximum Gasteiger partial charge on any atom is 0.235 e. The number of Topliss-reactive ketones (excluding diaryl/α,β-unsaturated/α-hetero) is 1. The van der Waals surface area contributed by atoms with E-state index < -0.39 is 5.92 Å². The van der Waals surface area contributed by atoms with Crippen LogP contribution in [0, 0.1) is 12.8 Å². The van der Waals surface area contributed by atoms with Crippen molar-refractivity contribution >= 4 is 17.4 Å². The molecule has 1 aliphatic heterocycles. The number of rotatable bonds is 0. The summed E-state index contributed by atoms with van der Waals surface area (Å²) in [5.41, 5.74) is 0.716. The van der Waals surface area contributed by atoms with Crippen LogP contribution < -0.4 is 5.32 Å². The van der Waals surface area contributed by atoms with Crippen LogP contribution in [-0.2, 0) is 4.79 Å². The lowest BCUT2D eigenvalue weighted by Gasteiger charge is -2.19. The molecule has 0 aromatic carbocycles. The van der Waals surface area contributed by atoms with E-state index in [0.717, 1.165) is 0 Å². The van der Waals surface area contributed by atoms with Gasteiger partial charge in [-0.3, -0.25) is 9.59 Å². The average Bonchev–Trinajstić information content (AvgIpc) is 2.30. The third-order valence-electron chi connectivity index (χ3n) is 2.19. The molecule has 1 aromatic heterocycles. The zero-order valence-corrected chi connectivity index (χ0v) is 9.87. The summed E-state index contributed by atoms with van der Waals surface area (Å²) in [6.45, 7) is 7.27. The van der Waals surface area contributed by atoms with Crippen LogP contribution in [0.15, 0.2) is 6.20 Å². The molecule has 0 bridgehead atoms. The van der Waals surface area contributed by atoms with Gasteiger partial charge in [0.15, 0.2) is 5.78 Å². The molecule has 0 aliphatic carbocycles. The maximum atomic E-state index is 11.6. The lowest BCUT2D eigenvalue weighted by atomic mass is 9.98. The van der Waals surface area contributed by atoms with Gasteiger partial charge in [0.2, 0.25) is 5.91 Å². The van der Waals surface area contributed by atoms with Gasteiger partial charge in [-0.05, 0) is 13.8 Å². The number of carbonyl (C=O) groups excluding carboxylic acids is 2. The van der Waals surface area contributed by atoms with Crippen molar-refractivity contribution in [2.24, 2.45) is 5.92 Å². The van der Waals surface area contributed by atoms with Crippen molar-refractivity contribution in [1.29, 1.82) is 0 Å². The molecule has 1 unspecified atom stereocenters. The summed E-state index contributed by atoms with van der Waals surface area (Å²) in [5.74, 6) is -0.665. The number of nitrogens with zero attached hydrogens (tertiary/aromatic N) is 2. The standard InChI is InChI=1S/C9H9N3O2.C2H6/c1-4-8(13)7-6(12-9(4)14)3-10-5(2)11-7;1-2/h3-4H,1-2H3,(H,12,14);1-2H3. The first-order chi connectivity index (χ1) is 7.59. The second kappa shape index (κ2) is 4.83. The first kappa shape index (κ1) is 12.3. The van der Waals surface area contributed by atoms with Crippen LogP contribution in [0.25, 0.3) is 0 Å². The molecule has 1 aromatic rings. The molecule has 5 heteroatoms. The van der Waals surface area contributed by atoms with Gasteiger partial charge in [-0.1, -0.05) is 13.8 Å². The summed E-state index contributed by atoms with van der Waals surface area (Å²) in [4.78, 5) is 30.8. The van der Waals surface area contributed by atoms with Gasteiger partial charge in [0.1, 0.15) is 17.4 Å². The van der Waals surface area contributed by atoms with Crippen LogP contribution in [0.3, 0.4) is 0 Å². The monoisotopic (exact) mass is 221 g/mol. The number of hydrogen-bond donors (Lipinski definition) is 1. The van der Waals surface area contributed by atoms with Gasteiger partial charge in [-0.15, -0.1) is 0 Å². The molecule has 5 nitrogen and oxygen atoms in total. The summed E-state index contributed by atoms with van der Waals surface area (Å²) in [6.07, 6.45) is 1.46. The first-order valence-electron chi connectivity index (χ1n) is 5.28. The van der Waals surface area contributed by atoms with Crippen molar-refractivity contribution in [1.82, 2.24) is 9.97 Å². The van der Waals surface area contributed by atoms with Gasteiger partial charge in [-0.2, -0.15) is 0 Å². The molecule has 1 N–H and O–H groups in total. The molecule has 2 rings (SSSR count).